The van der Waals surface area contributed by atoms with Gasteiger partial charge in [-0.25, -0.2) is 5.84 Å². The molecule has 0 atom stereocenters. The minimum Gasteiger partial charge on any atom is -0.489 e. The third kappa shape index (κ3) is 3.16. The van der Waals surface area contributed by atoms with Gasteiger partial charge in [-0.2, -0.15) is 0 Å². The van der Waals surface area contributed by atoms with Gasteiger partial charge in [0.05, 0.1) is 0 Å². The molecule has 104 valence electrons. The molecule has 0 spiro atoms. The highest BCUT2D eigenvalue weighted by atomic mass is 16.5. The van der Waals surface area contributed by atoms with E-state index in [4.69, 9.17) is 10.6 Å². The smallest absolute Gasteiger partial charge is 0.265 e. The van der Waals surface area contributed by atoms with E-state index in [0.29, 0.717) is 12.2 Å². The molecule has 2 rings (SSSR count). The lowest BCUT2D eigenvalue weighted by molar-refractivity contribution is 0.0951. The topological polar surface area (TPSA) is 64.3 Å². The molecule has 0 radical (unpaired) electrons. The Morgan fingerprint density at radius 3 is 2.45 bits per heavy atom. The van der Waals surface area contributed by atoms with Crippen molar-refractivity contribution in [3.8, 4) is 5.75 Å². The fraction of sp³-hybridized carbons (Fsp3) is 0.188. The Balaban J connectivity index is 2.17. The van der Waals surface area contributed by atoms with Crippen LogP contribution in [0.25, 0.3) is 0 Å². The first kappa shape index (κ1) is 14.1. The second-order valence-electron chi connectivity index (χ2n) is 4.38. The Hall–Kier alpha value is -2.33. The van der Waals surface area contributed by atoms with Crippen molar-refractivity contribution in [1.29, 1.82) is 0 Å². The Kier molecular flexibility index (Phi) is 4.74. The van der Waals surface area contributed by atoms with Crippen LogP contribution in [0.15, 0.2) is 48.5 Å². The first-order valence-corrected chi connectivity index (χ1v) is 6.55. The normalized spacial score (nSPS) is 10.1. The van der Waals surface area contributed by atoms with E-state index >= 15 is 0 Å². The standard InChI is InChI=1S/C16H18N2O2/c1-2-12-7-4-6-10-15(12)20-11-13-8-3-5-9-14(13)16(19)18-17/h3-10H,2,11,17H2,1H3,(H,18,19). The molecule has 4 nitrogen and oxygen atoms in total. The Morgan fingerprint density at radius 2 is 1.75 bits per heavy atom. The number of nitrogens with one attached hydrogen (secondary N) is 1. The number of hydrazine groups is 1. The van der Waals surface area contributed by atoms with E-state index in [-0.39, 0.29) is 5.91 Å². The molecule has 0 aliphatic rings. The van der Waals surface area contributed by atoms with Gasteiger partial charge in [-0.3, -0.25) is 10.2 Å². The lowest BCUT2D eigenvalue weighted by atomic mass is 10.1. The van der Waals surface area contributed by atoms with Crippen LogP contribution in [0.5, 0.6) is 5.75 Å². The van der Waals surface area contributed by atoms with Crippen molar-refractivity contribution in [3.05, 3.63) is 65.2 Å². The van der Waals surface area contributed by atoms with Gasteiger partial charge in [-0.1, -0.05) is 43.3 Å². The zero-order valence-electron chi connectivity index (χ0n) is 11.4. The summed E-state index contributed by atoms with van der Waals surface area (Å²) >= 11 is 0. The quantitative estimate of drug-likeness (QED) is 0.498. The van der Waals surface area contributed by atoms with Crippen LogP contribution in [0.1, 0.15) is 28.4 Å². The number of hydrogen-bond donors (Lipinski definition) is 2. The van der Waals surface area contributed by atoms with Crippen molar-refractivity contribution in [1.82, 2.24) is 5.43 Å². The highest BCUT2D eigenvalue weighted by molar-refractivity contribution is 5.95. The SMILES string of the molecule is CCc1ccccc1OCc1ccccc1C(=O)NN. The minimum absolute atomic E-state index is 0.312. The molecule has 0 heterocycles. The summed E-state index contributed by atoms with van der Waals surface area (Å²) in [5, 5.41) is 0. The molecular weight excluding hydrogens is 252 g/mol. The second kappa shape index (κ2) is 6.73. The van der Waals surface area contributed by atoms with E-state index in [1.807, 2.05) is 36.4 Å². The number of carbonyl (C=O) groups excluding carboxylic acids is 1. The van der Waals surface area contributed by atoms with Gasteiger partial charge in [0.1, 0.15) is 12.4 Å². The minimum atomic E-state index is -0.312. The first-order valence-electron chi connectivity index (χ1n) is 6.55. The Morgan fingerprint density at radius 1 is 1.10 bits per heavy atom. The molecular formula is C16H18N2O2. The van der Waals surface area contributed by atoms with Crippen LogP contribution < -0.4 is 16.0 Å². The van der Waals surface area contributed by atoms with Crippen LogP contribution in [0.3, 0.4) is 0 Å². The molecule has 20 heavy (non-hydrogen) atoms. The number of nitrogen functional groups attached to an aromatic ring is 1. The van der Waals surface area contributed by atoms with Crippen molar-refractivity contribution in [2.45, 2.75) is 20.0 Å². The van der Waals surface area contributed by atoms with Crippen molar-refractivity contribution in [3.63, 3.8) is 0 Å². The van der Waals surface area contributed by atoms with Gasteiger partial charge in [-0.15, -0.1) is 0 Å². The molecule has 0 saturated carbocycles. The fourth-order valence-corrected chi connectivity index (χ4v) is 2.04. The van der Waals surface area contributed by atoms with Crippen molar-refractivity contribution in [2.24, 2.45) is 5.84 Å². The Labute approximate surface area is 118 Å². The summed E-state index contributed by atoms with van der Waals surface area (Å²) < 4.78 is 5.83. The van der Waals surface area contributed by atoms with Crippen LogP contribution in [-0.2, 0) is 13.0 Å². The molecule has 0 unspecified atom stereocenters. The van der Waals surface area contributed by atoms with Gasteiger partial charge in [0.15, 0.2) is 0 Å². The molecule has 4 heteroatoms. The van der Waals surface area contributed by atoms with Crippen molar-refractivity contribution >= 4 is 5.91 Å². The van der Waals surface area contributed by atoms with Crippen LogP contribution in [-0.4, -0.2) is 5.91 Å². The molecule has 0 aromatic heterocycles. The van der Waals surface area contributed by atoms with Gasteiger partial charge in [0.25, 0.3) is 5.91 Å². The predicted molar refractivity (Wildman–Crippen MR) is 78.2 cm³/mol. The van der Waals surface area contributed by atoms with Crippen molar-refractivity contribution < 1.29 is 9.53 Å². The maximum Gasteiger partial charge on any atom is 0.265 e. The van der Waals surface area contributed by atoms with Crippen LogP contribution >= 0.6 is 0 Å². The first-order chi connectivity index (χ1) is 9.76. The summed E-state index contributed by atoms with van der Waals surface area (Å²) in [6.07, 6.45) is 0.904. The largest absolute Gasteiger partial charge is 0.489 e. The number of rotatable bonds is 5. The molecule has 2 aromatic carbocycles. The van der Waals surface area contributed by atoms with Gasteiger partial charge < -0.3 is 4.74 Å². The number of benzene rings is 2. The average Bonchev–Trinajstić information content (AvgIpc) is 2.52. The summed E-state index contributed by atoms with van der Waals surface area (Å²) in [5.74, 6) is 5.72. The molecule has 0 fully saturated rings. The molecule has 0 aliphatic carbocycles. The van der Waals surface area contributed by atoms with E-state index in [9.17, 15) is 4.79 Å². The number of nitrogens with two attached hydrogens (primary N) is 1. The highest BCUT2D eigenvalue weighted by Gasteiger charge is 2.10. The number of hydrogen-bond acceptors (Lipinski definition) is 3. The van der Waals surface area contributed by atoms with E-state index in [0.717, 1.165) is 23.3 Å². The molecule has 3 N–H and O–H groups in total. The van der Waals surface area contributed by atoms with Gasteiger partial charge in [-0.05, 0) is 24.1 Å². The summed E-state index contributed by atoms with van der Waals surface area (Å²) in [7, 11) is 0. The van der Waals surface area contributed by atoms with Gasteiger partial charge in [0.2, 0.25) is 0 Å². The lowest BCUT2D eigenvalue weighted by Gasteiger charge is -2.12. The summed E-state index contributed by atoms with van der Waals surface area (Å²) in [5.41, 5.74) is 4.63. The molecule has 2 aromatic rings. The van der Waals surface area contributed by atoms with Gasteiger partial charge >= 0.3 is 0 Å². The number of para-hydroxylation sites is 1. The van der Waals surface area contributed by atoms with Gasteiger partial charge in [0, 0.05) is 11.1 Å². The number of aryl methyl sites for hydroxylation is 1. The van der Waals surface area contributed by atoms with E-state index in [1.165, 1.54) is 0 Å². The highest BCUT2D eigenvalue weighted by Crippen LogP contribution is 2.20. The average molecular weight is 270 g/mol. The maximum atomic E-state index is 11.7. The number of carbonyl (C=O) groups is 1. The lowest BCUT2D eigenvalue weighted by Crippen LogP contribution is -2.30. The van der Waals surface area contributed by atoms with E-state index < -0.39 is 0 Å². The Bertz CT molecular complexity index is 597. The number of amides is 1. The summed E-state index contributed by atoms with van der Waals surface area (Å²) in [4.78, 5) is 11.7. The second-order valence-corrected chi connectivity index (χ2v) is 4.38. The third-order valence-electron chi connectivity index (χ3n) is 3.13. The van der Waals surface area contributed by atoms with Crippen LogP contribution in [0.4, 0.5) is 0 Å². The monoisotopic (exact) mass is 270 g/mol. The van der Waals surface area contributed by atoms with Crippen molar-refractivity contribution in [2.75, 3.05) is 0 Å². The summed E-state index contributed by atoms with van der Waals surface area (Å²) in [6, 6.07) is 15.2. The fourth-order valence-electron chi connectivity index (χ4n) is 2.04. The third-order valence-corrected chi connectivity index (χ3v) is 3.13. The molecule has 1 amide bonds. The zero-order chi connectivity index (χ0) is 14.4. The number of ether oxygens (including phenoxy) is 1. The zero-order valence-corrected chi connectivity index (χ0v) is 11.4. The molecule has 0 bridgehead atoms. The summed E-state index contributed by atoms with van der Waals surface area (Å²) in [6.45, 7) is 2.42. The van der Waals surface area contributed by atoms with E-state index in [1.54, 1.807) is 12.1 Å². The molecule has 0 aliphatic heterocycles. The maximum absolute atomic E-state index is 11.7. The predicted octanol–water partition coefficient (Wildman–Crippen LogP) is 2.43. The van der Waals surface area contributed by atoms with Crippen LogP contribution in [0.2, 0.25) is 0 Å². The van der Waals surface area contributed by atoms with E-state index in [2.05, 4.69) is 12.3 Å². The van der Waals surface area contributed by atoms with Crippen LogP contribution in [0, 0.1) is 0 Å². The molecule has 0 saturated heterocycles.